The van der Waals surface area contributed by atoms with E-state index in [-0.39, 0.29) is 5.41 Å². The Morgan fingerprint density at radius 2 is 1.94 bits per heavy atom. The normalized spacial score (nSPS) is 13.5. The maximum absolute atomic E-state index is 10.2. The maximum atomic E-state index is 10.2. The predicted octanol–water partition coefficient (Wildman–Crippen LogP) is 3.04. The molecule has 88 valence electrons. The molecule has 1 aromatic carbocycles. The van der Waals surface area contributed by atoms with Crippen molar-refractivity contribution in [2.75, 3.05) is 13.7 Å². The second-order valence-electron chi connectivity index (χ2n) is 4.69. The largest absolute Gasteiger partial charge is 0.388 e. The summed E-state index contributed by atoms with van der Waals surface area (Å²) in [6.07, 6.45) is 1.27. The van der Waals surface area contributed by atoms with Gasteiger partial charge in [0.05, 0.1) is 12.7 Å². The van der Waals surface area contributed by atoms with Gasteiger partial charge in [-0.15, -0.1) is 0 Å². The summed E-state index contributed by atoms with van der Waals surface area (Å²) in [7, 11) is 1.65. The minimum absolute atomic E-state index is 0.287. The minimum Gasteiger partial charge on any atom is -0.388 e. The summed E-state index contributed by atoms with van der Waals surface area (Å²) < 4.78 is 5.12. The molecule has 0 fully saturated rings. The van der Waals surface area contributed by atoms with Crippen LogP contribution in [0.2, 0.25) is 0 Å². The molecule has 1 N–H and O–H groups in total. The van der Waals surface area contributed by atoms with Gasteiger partial charge in [-0.1, -0.05) is 50.8 Å². The lowest BCUT2D eigenvalue weighted by Crippen LogP contribution is -2.27. The van der Waals surface area contributed by atoms with Gasteiger partial charge in [0.25, 0.3) is 0 Å². The second-order valence-corrected chi connectivity index (χ2v) is 4.69. The molecule has 0 bridgehead atoms. The van der Waals surface area contributed by atoms with Gasteiger partial charge in [0.2, 0.25) is 0 Å². The number of aliphatic hydroxyl groups is 1. The lowest BCUT2D eigenvalue weighted by Gasteiger charge is -2.30. The lowest BCUT2D eigenvalue weighted by molar-refractivity contribution is -0.00961. The molecule has 1 unspecified atom stereocenters. The van der Waals surface area contributed by atoms with Gasteiger partial charge in [0.1, 0.15) is 0 Å². The van der Waals surface area contributed by atoms with E-state index >= 15 is 0 Å². The van der Waals surface area contributed by atoms with Crippen molar-refractivity contribution in [3.8, 4) is 0 Å². The Labute approximate surface area is 97.6 Å². The van der Waals surface area contributed by atoms with Gasteiger partial charge in [-0.2, -0.15) is 0 Å². The Morgan fingerprint density at radius 1 is 1.38 bits per heavy atom. The molecule has 0 amide bonds. The molecule has 0 spiro atoms. The number of benzene rings is 1. The van der Waals surface area contributed by atoms with Crippen molar-refractivity contribution >= 4 is 6.08 Å². The summed E-state index contributed by atoms with van der Waals surface area (Å²) in [6.45, 7) is 8.20. The fraction of sp³-hybridized carbons (Fsp3) is 0.429. The molecule has 0 saturated carbocycles. The summed E-state index contributed by atoms with van der Waals surface area (Å²) >= 11 is 0. The van der Waals surface area contributed by atoms with Crippen molar-refractivity contribution in [2.45, 2.75) is 20.0 Å². The zero-order valence-electron chi connectivity index (χ0n) is 10.2. The van der Waals surface area contributed by atoms with Crippen molar-refractivity contribution in [2.24, 2.45) is 5.41 Å². The zero-order chi connectivity index (χ0) is 12.2. The fourth-order valence-corrected chi connectivity index (χ4v) is 1.72. The van der Waals surface area contributed by atoms with Crippen LogP contribution < -0.4 is 0 Å². The van der Waals surface area contributed by atoms with Crippen LogP contribution in [0.25, 0.3) is 6.08 Å². The van der Waals surface area contributed by atoms with Gasteiger partial charge in [-0.05, 0) is 11.1 Å². The van der Waals surface area contributed by atoms with Gasteiger partial charge in [-0.3, -0.25) is 0 Å². The van der Waals surface area contributed by atoms with Gasteiger partial charge in [0.15, 0.2) is 0 Å². The Bertz CT molecular complexity index is 338. The first-order valence-electron chi connectivity index (χ1n) is 5.40. The van der Waals surface area contributed by atoms with Crippen LogP contribution in [-0.2, 0) is 4.74 Å². The first kappa shape index (κ1) is 12.9. The van der Waals surface area contributed by atoms with Crippen LogP contribution in [-0.4, -0.2) is 18.8 Å². The van der Waals surface area contributed by atoms with Crippen molar-refractivity contribution in [1.29, 1.82) is 0 Å². The van der Waals surface area contributed by atoms with E-state index in [0.29, 0.717) is 6.61 Å². The molecule has 0 aromatic heterocycles. The van der Waals surface area contributed by atoms with Gasteiger partial charge in [-0.25, -0.2) is 0 Å². The summed E-state index contributed by atoms with van der Waals surface area (Å²) in [6, 6.07) is 7.76. The predicted molar refractivity (Wildman–Crippen MR) is 67.1 cm³/mol. The summed E-state index contributed by atoms with van der Waals surface area (Å²) in [5.74, 6) is 0. The number of methoxy groups -OCH3 is 1. The third kappa shape index (κ3) is 2.94. The average Bonchev–Trinajstić information content (AvgIpc) is 2.28. The van der Waals surface area contributed by atoms with Crippen LogP contribution in [0.15, 0.2) is 30.8 Å². The number of hydrogen-bond acceptors (Lipinski definition) is 2. The van der Waals surface area contributed by atoms with Crippen LogP contribution in [0, 0.1) is 5.41 Å². The summed E-state index contributed by atoms with van der Waals surface area (Å²) in [5, 5.41) is 10.2. The molecular formula is C14H20O2. The van der Waals surface area contributed by atoms with E-state index in [4.69, 9.17) is 4.74 Å². The van der Waals surface area contributed by atoms with Crippen LogP contribution in [0.4, 0.5) is 0 Å². The van der Waals surface area contributed by atoms with E-state index in [1.54, 1.807) is 13.2 Å². The van der Waals surface area contributed by atoms with Crippen LogP contribution >= 0.6 is 0 Å². The third-order valence-electron chi connectivity index (χ3n) is 2.74. The lowest BCUT2D eigenvalue weighted by atomic mass is 9.83. The molecule has 2 heteroatoms. The molecule has 1 aromatic rings. The first-order valence-corrected chi connectivity index (χ1v) is 5.40. The number of aliphatic hydroxyl groups excluding tert-OH is 1. The molecule has 0 radical (unpaired) electrons. The molecule has 0 aliphatic carbocycles. The molecule has 1 rings (SSSR count). The SMILES string of the molecule is C=Cc1ccc(C(O)C(C)(C)COC)cc1. The fourth-order valence-electron chi connectivity index (χ4n) is 1.72. The highest BCUT2D eigenvalue weighted by atomic mass is 16.5. The zero-order valence-corrected chi connectivity index (χ0v) is 10.2. The number of rotatable bonds is 5. The third-order valence-corrected chi connectivity index (χ3v) is 2.74. The molecule has 0 aliphatic rings. The minimum atomic E-state index is -0.522. The van der Waals surface area contributed by atoms with E-state index in [9.17, 15) is 5.11 Å². The Balaban J connectivity index is 2.86. The van der Waals surface area contributed by atoms with Crippen molar-refractivity contribution in [1.82, 2.24) is 0 Å². The Kier molecular flexibility index (Phi) is 4.27. The highest BCUT2D eigenvalue weighted by Gasteiger charge is 2.28. The number of hydrogen-bond donors (Lipinski definition) is 1. The Morgan fingerprint density at radius 3 is 2.38 bits per heavy atom. The smallest absolute Gasteiger partial charge is 0.0862 e. The maximum Gasteiger partial charge on any atom is 0.0862 e. The van der Waals surface area contributed by atoms with Gasteiger partial charge >= 0.3 is 0 Å². The molecule has 16 heavy (non-hydrogen) atoms. The molecule has 1 atom stereocenters. The van der Waals surface area contributed by atoms with Crippen molar-refractivity contribution in [3.63, 3.8) is 0 Å². The van der Waals surface area contributed by atoms with Crippen molar-refractivity contribution < 1.29 is 9.84 Å². The van der Waals surface area contributed by atoms with Gasteiger partial charge in [0, 0.05) is 12.5 Å². The van der Waals surface area contributed by atoms with Crippen molar-refractivity contribution in [3.05, 3.63) is 42.0 Å². The standard InChI is InChI=1S/C14H20O2/c1-5-11-6-8-12(9-7-11)13(15)14(2,3)10-16-4/h5-9,13,15H,1,10H2,2-4H3. The highest BCUT2D eigenvalue weighted by molar-refractivity contribution is 5.47. The molecule has 0 heterocycles. The topological polar surface area (TPSA) is 29.5 Å². The summed E-state index contributed by atoms with van der Waals surface area (Å²) in [4.78, 5) is 0. The molecule has 2 nitrogen and oxygen atoms in total. The van der Waals surface area contributed by atoms with Crippen LogP contribution in [0.5, 0.6) is 0 Å². The van der Waals surface area contributed by atoms with Crippen LogP contribution in [0.3, 0.4) is 0 Å². The van der Waals surface area contributed by atoms with E-state index in [1.807, 2.05) is 38.1 Å². The quantitative estimate of drug-likeness (QED) is 0.826. The van der Waals surface area contributed by atoms with E-state index in [1.165, 1.54) is 0 Å². The highest BCUT2D eigenvalue weighted by Crippen LogP contribution is 2.33. The second kappa shape index (κ2) is 5.28. The molecular weight excluding hydrogens is 200 g/mol. The van der Waals surface area contributed by atoms with E-state index in [2.05, 4.69) is 6.58 Å². The number of ether oxygens (including phenoxy) is 1. The average molecular weight is 220 g/mol. The molecule has 0 aliphatic heterocycles. The van der Waals surface area contributed by atoms with E-state index < -0.39 is 6.10 Å². The van der Waals surface area contributed by atoms with Crippen LogP contribution in [0.1, 0.15) is 31.1 Å². The Hall–Kier alpha value is -1.12. The summed E-state index contributed by atoms with van der Waals surface area (Å²) in [5.41, 5.74) is 1.68. The monoisotopic (exact) mass is 220 g/mol. The first-order chi connectivity index (χ1) is 7.51. The van der Waals surface area contributed by atoms with Gasteiger partial charge < -0.3 is 9.84 Å². The molecule has 0 saturated heterocycles. The van der Waals surface area contributed by atoms with E-state index in [0.717, 1.165) is 11.1 Å².